The number of carbonyl (C=O) groups is 1. The molecule has 1 saturated heterocycles. The lowest BCUT2D eigenvalue weighted by Gasteiger charge is -2.33. The Bertz CT molecular complexity index is 1050. The number of benzene rings is 1. The molecular weight excluding hydrogens is 427 g/mol. The van der Waals surface area contributed by atoms with Crippen molar-refractivity contribution in [1.29, 1.82) is 0 Å². The van der Waals surface area contributed by atoms with Crippen molar-refractivity contribution in [2.45, 2.75) is 51.1 Å². The number of carbonyl (C=O) groups excluding carboxylic acids is 1. The second kappa shape index (κ2) is 8.97. The minimum Gasteiger partial charge on any atom is -0.381 e. The van der Waals surface area contributed by atoms with Crippen LogP contribution in [0.4, 0.5) is 25.1 Å². The van der Waals surface area contributed by atoms with Crippen LogP contribution in [0.3, 0.4) is 0 Å². The van der Waals surface area contributed by atoms with E-state index in [2.05, 4.69) is 10.00 Å². The number of aryl methyl sites for hydroxylation is 1. The summed E-state index contributed by atoms with van der Waals surface area (Å²) in [7, 11) is 7.55. The molecule has 174 valence electrons. The van der Waals surface area contributed by atoms with Gasteiger partial charge in [0, 0.05) is 62.3 Å². The molecule has 0 spiro atoms. The number of amides is 2. The molecule has 0 bridgehead atoms. The van der Waals surface area contributed by atoms with E-state index in [4.69, 9.17) is 17.7 Å². The number of rotatable bonds is 3. The van der Waals surface area contributed by atoms with Crippen molar-refractivity contribution >= 4 is 30.8 Å². The molecule has 1 fully saturated rings. The second-order valence-electron chi connectivity index (χ2n) is 8.93. The fourth-order valence-electron chi connectivity index (χ4n) is 5.29. The number of alkyl halides is 2. The Morgan fingerprint density at radius 2 is 2.03 bits per heavy atom. The Hall–Kier alpha value is -2.62. The lowest BCUT2D eigenvalue weighted by molar-refractivity contribution is 0.0651. The van der Waals surface area contributed by atoms with Crippen LogP contribution >= 0.6 is 0 Å². The molecule has 5 rings (SSSR count). The second-order valence-corrected chi connectivity index (χ2v) is 8.93. The van der Waals surface area contributed by atoms with Crippen molar-refractivity contribution in [3.8, 4) is 0 Å². The summed E-state index contributed by atoms with van der Waals surface area (Å²) in [5.41, 5.74) is 3.81. The van der Waals surface area contributed by atoms with E-state index in [9.17, 15) is 13.6 Å². The van der Waals surface area contributed by atoms with Crippen LogP contribution in [0.5, 0.6) is 0 Å². The van der Waals surface area contributed by atoms with E-state index in [1.54, 1.807) is 18.0 Å². The lowest BCUT2D eigenvalue weighted by atomic mass is 9.86. The molecule has 3 aliphatic rings. The van der Waals surface area contributed by atoms with Gasteiger partial charge < -0.3 is 19.9 Å². The first kappa shape index (κ1) is 22.2. The summed E-state index contributed by atoms with van der Waals surface area (Å²) in [5.74, 6) is 0.760. The zero-order valence-corrected chi connectivity index (χ0v) is 18.8. The fourth-order valence-corrected chi connectivity index (χ4v) is 5.29. The number of anilines is 2. The van der Waals surface area contributed by atoms with Gasteiger partial charge in [0.2, 0.25) is 0 Å². The number of nitrogens with one attached hydrogen (secondary N) is 1. The highest BCUT2D eigenvalue weighted by Crippen LogP contribution is 2.40. The Kier molecular flexibility index (Phi) is 6.03. The highest BCUT2D eigenvalue weighted by molar-refractivity contribution is 6.33. The van der Waals surface area contributed by atoms with Crippen LogP contribution in [-0.4, -0.2) is 61.9 Å². The third-order valence-electron chi connectivity index (χ3n) is 7.00. The van der Waals surface area contributed by atoms with E-state index in [-0.39, 0.29) is 23.1 Å². The van der Waals surface area contributed by atoms with Crippen LogP contribution in [0.25, 0.3) is 0 Å². The maximum atomic E-state index is 13.6. The summed E-state index contributed by atoms with van der Waals surface area (Å²) in [6, 6.07) is 3.31. The van der Waals surface area contributed by atoms with Gasteiger partial charge in [-0.15, -0.1) is 0 Å². The van der Waals surface area contributed by atoms with E-state index in [1.807, 2.05) is 4.90 Å². The quantitative estimate of drug-likeness (QED) is 0.724. The number of urea groups is 1. The van der Waals surface area contributed by atoms with E-state index in [0.29, 0.717) is 39.3 Å². The monoisotopic (exact) mass is 455 g/mol. The molecule has 33 heavy (non-hydrogen) atoms. The smallest absolute Gasteiger partial charge is 0.317 e. The molecule has 1 aromatic carbocycles. The molecule has 1 N–H and O–H groups in total. The summed E-state index contributed by atoms with van der Waals surface area (Å²) in [6.45, 7) is 3.13. The van der Waals surface area contributed by atoms with E-state index in [1.165, 1.54) is 6.07 Å². The van der Waals surface area contributed by atoms with Crippen LogP contribution < -0.4 is 15.7 Å². The number of halogens is 2. The standard InChI is InChI=1S/C23H28BF2N5O2/c1-27-23(32)29-8-4-19-17(13-29)22(28-31(19)15-5-9-33-10-6-15)30-7-2-3-14-11-18(24)16(21(25)26)12-20(14)30/h11-12,15,21H,2-10,13H2,1H3,(H,27,32). The minimum absolute atomic E-state index is 0.128. The molecule has 7 nitrogen and oxygen atoms in total. The molecule has 0 atom stereocenters. The molecule has 2 amide bonds. The lowest BCUT2D eigenvalue weighted by Crippen LogP contribution is -2.42. The molecule has 0 unspecified atom stereocenters. The Balaban J connectivity index is 1.61. The van der Waals surface area contributed by atoms with Crippen LogP contribution in [0, 0.1) is 0 Å². The molecule has 10 heteroatoms. The largest absolute Gasteiger partial charge is 0.381 e. The molecule has 2 aromatic rings. The Labute approximate surface area is 193 Å². The van der Waals surface area contributed by atoms with E-state index < -0.39 is 6.43 Å². The molecule has 3 aliphatic heterocycles. The van der Waals surface area contributed by atoms with Gasteiger partial charge in [-0.1, -0.05) is 11.5 Å². The Morgan fingerprint density at radius 3 is 2.76 bits per heavy atom. The summed E-state index contributed by atoms with van der Waals surface area (Å²) >= 11 is 0. The Morgan fingerprint density at radius 1 is 1.24 bits per heavy atom. The number of fused-ring (bicyclic) bond motifs is 2. The SMILES string of the molecule is [B]c1cc2c(cc1C(F)F)N(c1nn(C3CCOCC3)c3c1CN(C(=O)NC)CC3)CCC2. The number of hydrogen-bond acceptors (Lipinski definition) is 4. The third kappa shape index (κ3) is 3.98. The fraction of sp³-hybridized carbons (Fsp3) is 0.565. The molecule has 1 aromatic heterocycles. The van der Waals surface area contributed by atoms with Gasteiger partial charge in [0.25, 0.3) is 6.43 Å². The zero-order valence-electron chi connectivity index (χ0n) is 18.8. The summed E-state index contributed by atoms with van der Waals surface area (Å²) in [5, 5.41) is 7.77. The van der Waals surface area contributed by atoms with Crippen molar-refractivity contribution in [3.63, 3.8) is 0 Å². The van der Waals surface area contributed by atoms with Crippen LogP contribution in [0.1, 0.15) is 54.1 Å². The highest BCUT2D eigenvalue weighted by atomic mass is 19.3. The molecular formula is C23H28BF2N5O2. The summed E-state index contributed by atoms with van der Waals surface area (Å²) in [4.78, 5) is 16.2. The first-order valence-corrected chi connectivity index (χ1v) is 11.6. The van der Waals surface area contributed by atoms with Gasteiger partial charge >= 0.3 is 6.03 Å². The minimum atomic E-state index is -2.64. The van der Waals surface area contributed by atoms with Crippen molar-refractivity contribution < 1.29 is 18.3 Å². The third-order valence-corrected chi connectivity index (χ3v) is 7.00. The van der Waals surface area contributed by atoms with Crippen molar-refractivity contribution in [3.05, 3.63) is 34.5 Å². The van der Waals surface area contributed by atoms with Crippen LogP contribution in [0.15, 0.2) is 12.1 Å². The van der Waals surface area contributed by atoms with Crippen molar-refractivity contribution in [1.82, 2.24) is 20.0 Å². The van der Waals surface area contributed by atoms with Gasteiger partial charge in [-0.05, 0) is 37.3 Å². The maximum absolute atomic E-state index is 13.6. The summed E-state index contributed by atoms with van der Waals surface area (Å²) in [6.07, 6.45) is 1.49. The summed E-state index contributed by atoms with van der Waals surface area (Å²) < 4.78 is 35.0. The molecule has 0 aliphatic carbocycles. The number of hydrogen-bond donors (Lipinski definition) is 1. The maximum Gasteiger partial charge on any atom is 0.317 e. The van der Waals surface area contributed by atoms with Gasteiger partial charge in [0.1, 0.15) is 7.85 Å². The van der Waals surface area contributed by atoms with E-state index >= 15 is 0 Å². The van der Waals surface area contributed by atoms with Crippen molar-refractivity contribution in [2.24, 2.45) is 0 Å². The van der Waals surface area contributed by atoms with E-state index in [0.717, 1.165) is 54.0 Å². The van der Waals surface area contributed by atoms with Crippen molar-refractivity contribution in [2.75, 3.05) is 38.3 Å². The number of nitrogens with zero attached hydrogens (tertiary/aromatic N) is 4. The average molecular weight is 455 g/mol. The zero-order chi connectivity index (χ0) is 23.1. The first-order valence-electron chi connectivity index (χ1n) is 11.6. The van der Waals surface area contributed by atoms with Gasteiger partial charge in [-0.2, -0.15) is 5.10 Å². The van der Waals surface area contributed by atoms with Gasteiger partial charge in [-0.25, -0.2) is 13.6 Å². The predicted octanol–water partition coefficient (Wildman–Crippen LogP) is 2.75. The van der Waals surface area contributed by atoms with Crippen LogP contribution in [-0.2, 0) is 24.1 Å². The first-order chi connectivity index (χ1) is 16.0. The molecule has 4 heterocycles. The van der Waals surface area contributed by atoms with Gasteiger partial charge in [0.05, 0.1) is 12.6 Å². The predicted molar refractivity (Wildman–Crippen MR) is 122 cm³/mol. The topological polar surface area (TPSA) is 62.6 Å². The molecule has 2 radical (unpaired) electrons. The number of aromatic nitrogens is 2. The average Bonchev–Trinajstić information content (AvgIpc) is 3.21. The highest BCUT2D eigenvalue weighted by Gasteiger charge is 2.34. The van der Waals surface area contributed by atoms with Gasteiger partial charge in [0.15, 0.2) is 5.82 Å². The molecule has 0 saturated carbocycles. The number of ether oxygens (including phenoxy) is 1. The normalized spacial score (nSPS) is 18.9. The van der Waals surface area contributed by atoms with Crippen LogP contribution in [0.2, 0.25) is 0 Å². The van der Waals surface area contributed by atoms with Gasteiger partial charge in [-0.3, -0.25) is 4.68 Å².